The minimum Gasteiger partial charge on any atom is -0.461 e. The second-order valence-electron chi connectivity index (χ2n) is 5.36. The van der Waals surface area contributed by atoms with E-state index in [1.165, 1.54) is 5.57 Å². The molecule has 0 spiro atoms. The van der Waals surface area contributed by atoms with E-state index in [0.717, 1.165) is 0 Å². The van der Waals surface area contributed by atoms with Gasteiger partial charge in [0.2, 0.25) is 0 Å². The predicted octanol–water partition coefficient (Wildman–Crippen LogP) is 4.74. The van der Waals surface area contributed by atoms with Crippen molar-refractivity contribution in [1.29, 1.82) is 0 Å². The first kappa shape index (κ1) is 17.7. The molecule has 104 valence electrons. The van der Waals surface area contributed by atoms with Crippen LogP contribution in [0.2, 0.25) is 0 Å². The van der Waals surface area contributed by atoms with Gasteiger partial charge >= 0.3 is 5.97 Å². The molecule has 2 nitrogen and oxygen atoms in total. The highest BCUT2D eigenvalue weighted by Gasteiger charge is 2.24. The van der Waals surface area contributed by atoms with Crippen molar-refractivity contribution < 1.29 is 9.53 Å². The van der Waals surface area contributed by atoms with Crippen LogP contribution in [0.4, 0.5) is 0 Å². The monoisotopic (exact) mass is 364 g/mol. The van der Waals surface area contributed by atoms with E-state index in [-0.39, 0.29) is 23.9 Å². The zero-order chi connectivity index (χ0) is 14.3. The number of esters is 1. The first-order valence-electron chi connectivity index (χ1n) is 6.45. The van der Waals surface area contributed by atoms with Crippen molar-refractivity contribution in [3.05, 3.63) is 21.8 Å². The fourth-order valence-corrected chi connectivity index (χ4v) is 2.35. The van der Waals surface area contributed by atoms with E-state index in [1.807, 2.05) is 17.9 Å². The number of rotatable bonds is 6. The summed E-state index contributed by atoms with van der Waals surface area (Å²) in [4.78, 5) is 11.7. The van der Waals surface area contributed by atoms with Gasteiger partial charge in [0.1, 0.15) is 6.10 Å². The maximum absolute atomic E-state index is 11.7. The van der Waals surface area contributed by atoms with E-state index < -0.39 is 0 Å². The molecule has 0 fully saturated rings. The summed E-state index contributed by atoms with van der Waals surface area (Å²) in [6.07, 6.45) is 4.16. The summed E-state index contributed by atoms with van der Waals surface area (Å²) < 4.78 is 7.59. The Morgan fingerprint density at radius 2 is 1.72 bits per heavy atom. The quantitative estimate of drug-likeness (QED) is 0.387. The number of hydrogen-bond acceptors (Lipinski definition) is 2. The number of hydrogen-bond donors (Lipinski definition) is 0. The van der Waals surface area contributed by atoms with Crippen LogP contribution in [-0.4, -0.2) is 12.1 Å². The highest BCUT2D eigenvalue weighted by Crippen LogP contribution is 2.21. The number of carbonyl (C=O) groups excluding carboxylic acids is 1. The molecule has 0 aliphatic heterocycles. The Morgan fingerprint density at radius 1 is 1.17 bits per heavy atom. The molecule has 0 aromatic carbocycles. The van der Waals surface area contributed by atoms with Gasteiger partial charge in [-0.3, -0.25) is 4.79 Å². The van der Waals surface area contributed by atoms with Crippen molar-refractivity contribution in [3.63, 3.8) is 0 Å². The third-order valence-corrected chi connectivity index (χ3v) is 3.11. The van der Waals surface area contributed by atoms with Gasteiger partial charge in [0.05, 0.1) is 5.92 Å². The first-order chi connectivity index (χ1) is 8.29. The predicted molar refractivity (Wildman–Crippen MR) is 85.6 cm³/mol. The molecule has 0 rings (SSSR count). The number of halogens is 1. The van der Waals surface area contributed by atoms with Gasteiger partial charge in [-0.25, -0.2) is 0 Å². The Morgan fingerprint density at radius 3 is 2.11 bits per heavy atom. The smallest absolute Gasteiger partial charge is 0.308 e. The molecule has 18 heavy (non-hydrogen) atoms. The third-order valence-electron chi connectivity index (χ3n) is 2.75. The van der Waals surface area contributed by atoms with Crippen LogP contribution in [-0.2, 0) is 9.53 Å². The fourth-order valence-electron chi connectivity index (χ4n) is 1.79. The maximum Gasteiger partial charge on any atom is 0.308 e. The maximum atomic E-state index is 11.7. The second kappa shape index (κ2) is 8.73. The molecular formula is C15H25IO2. The Bertz CT molecular complexity index is 316. The molecule has 0 aromatic rings. The van der Waals surface area contributed by atoms with Crippen molar-refractivity contribution in [3.8, 4) is 0 Å². The molecule has 0 aromatic heterocycles. The molecule has 0 aliphatic carbocycles. The van der Waals surface area contributed by atoms with E-state index in [0.29, 0.717) is 5.92 Å². The van der Waals surface area contributed by atoms with Crippen molar-refractivity contribution in [2.45, 2.75) is 47.6 Å². The zero-order valence-corrected chi connectivity index (χ0v) is 14.4. The Balaban J connectivity index is 4.80. The summed E-state index contributed by atoms with van der Waals surface area (Å²) in [7, 11) is 0. The summed E-state index contributed by atoms with van der Waals surface area (Å²) in [6.45, 7) is 12.1. The highest BCUT2D eigenvalue weighted by molar-refractivity contribution is 14.1. The summed E-state index contributed by atoms with van der Waals surface area (Å²) in [5.74, 6) is 0.351. The van der Waals surface area contributed by atoms with Gasteiger partial charge in [-0.05, 0) is 16.9 Å². The lowest BCUT2D eigenvalue weighted by Gasteiger charge is -2.26. The number of carbonyl (C=O) groups is 1. The van der Waals surface area contributed by atoms with Crippen LogP contribution >= 0.6 is 22.6 Å². The van der Waals surface area contributed by atoms with E-state index in [4.69, 9.17) is 4.74 Å². The van der Waals surface area contributed by atoms with Gasteiger partial charge in [0, 0.05) is 5.92 Å². The van der Waals surface area contributed by atoms with E-state index >= 15 is 0 Å². The van der Waals surface area contributed by atoms with Crippen molar-refractivity contribution in [1.82, 2.24) is 0 Å². The summed E-state index contributed by atoms with van der Waals surface area (Å²) in [6, 6.07) is 0. The van der Waals surface area contributed by atoms with Gasteiger partial charge in [0.15, 0.2) is 0 Å². The summed E-state index contributed by atoms with van der Waals surface area (Å²) >= 11 is 2.20. The molecule has 0 heterocycles. The lowest BCUT2D eigenvalue weighted by atomic mass is 9.92. The molecule has 0 N–H and O–H groups in total. The van der Waals surface area contributed by atoms with E-state index in [1.54, 1.807) is 0 Å². The molecule has 0 amide bonds. The minimum atomic E-state index is -0.115. The van der Waals surface area contributed by atoms with E-state index in [2.05, 4.69) is 62.4 Å². The first-order valence-corrected chi connectivity index (χ1v) is 7.69. The van der Waals surface area contributed by atoms with Crippen LogP contribution in [0.5, 0.6) is 0 Å². The molecule has 0 bridgehead atoms. The highest BCUT2D eigenvalue weighted by atomic mass is 127. The van der Waals surface area contributed by atoms with Crippen molar-refractivity contribution >= 4 is 28.6 Å². The Labute approximate surface area is 125 Å². The molecule has 0 saturated heterocycles. The molecule has 0 radical (unpaired) electrons. The Kier molecular flexibility index (Phi) is 8.57. The van der Waals surface area contributed by atoms with Gasteiger partial charge in [-0.15, -0.1) is 0 Å². The SMILES string of the molecule is CC(/C=C/I)=C\C(C)C(OC(=O)C(C)C)C(C)C. The lowest BCUT2D eigenvalue weighted by Crippen LogP contribution is -2.31. The minimum absolute atomic E-state index is 0.0579. The van der Waals surface area contributed by atoms with Crippen LogP contribution in [0.1, 0.15) is 41.5 Å². The topological polar surface area (TPSA) is 26.3 Å². The number of allylic oxidation sites excluding steroid dienone is 2. The standard InChI is InChI=1S/C15H25IO2/c1-10(2)14(18-15(17)11(3)4)13(6)9-12(5)7-8-16/h7-11,13-14H,1-6H3/b8-7+,12-9+. The molecule has 0 saturated carbocycles. The lowest BCUT2D eigenvalue weighted by molar-refractivity contribution is -0.157. The average molecular weight is 364 g/mol. The zero-order valence-electron chi connectivity index (χ0n) is 12.2. The normalized spacial score (nSPS) is 16.4. The van der Waals surface area contributed by atoms with Crippen LogP contribution in [0.3, 0.4) is 0 Å². The fraction of sp³-hybridized carbons (Fsp3) is 0.667. The second-order valence-corrected chi connectivity index (χ2v) is 6.08. The largest absolute Gasteiger partial charge is 0.461 e. The summed E-state index contributed by atoms with van der Waals surface area (Å²) in [5.41, 5.74) is 1.20. The molecule has 2 atom stereocenters. The van der Waals surface area contributed by atoms with Gasteiger partial charge in [0.25, 0.3) is 0 Å². The third kappa shape index (κ3) is 6.57. The molecular weight excluding hydrogens is 339 g/mol. The summed E-state index contributed by atoms with van der Waals surface area (Å²) in [5, 5.41) is 0. The molecule has 2 unspecified atom stereocenters. The van der Waals surface area contributed by atoms with Crippen LogP contribution in [0.25, 0.3) is 0 Å². The van der Waals surface area contributed by atoms with Crippen LogP contribution in [0, 0.1) is 17.8 Å². The van der Waals surface area contributed by atoms with E-state index in [9.17, 15) is 4.79 Å². The van der Waals surface area contributed by atoms with Crippen molar-refractivity contribution in [2.75, 3.05) is 0 Å². The van der Waals surface area contributed by atoms with Crippen molar-refractivity contribution in [2.24, 2.45) is 17.8 Å². The van der Waals surface area contributed by atoms with Crippen LogP contribution < -0.4 is 0 Å². The Hall–Kier alpha value is -0.320. The van der Waals surface area contributed by atoms with Gasteiger partial charge in [-0.1, -0.05) is 74.9 Å². The molecule has 0 aliphatic rings. The van der Waals surface area contributed by atoms with Gasteiger partial charge < -0.3 is 4.74 Å². The van der Waals surface area contributed by atoms with Crippen LogP contribution in [0.15, 0.2) is 21.8 Å². The average Bonchev–Trinajstić information content (AvgIpc) is 2.24. The number of ether oxygens (including phenoxy) is 1. The van der Waals surface area contributed by atoms with Gasteiger partial charge in [-0.2, -0.15) is 0 Å². The molecule has 3 heteroatoms.